The number of hydrogen-bond donors (Lipinski definition) is 2. The van der Waals surface area contributed by atoms with Crippen molar-refractivity contribution >= 4 is 23.2 Å². The fraction of sp³-hybridized carbons (Fsp3) is 0.176. The number of aryl methyl sites for hydroxylation is 2. The molecule has 0 aliphatic heterocycles. The number of nitrogens with one attached hydrogen (secondary N) is 2. The second kappa shape index (κ2) is 6.22. The lowest BCUT2D eigenvalue weighted by molar-refractivity contribution is -0.133. The van der Waals surface area contributed by atoms with Crippen molar-refractivity contribution in [3.8, 4) is 0 Å². The van der Waals surface area contributed by atoms with Crippen molar-refractivity contribution in [1.29, 1.82) is 0 Å². The molecule has 21 heavy (non-hydrogen) atoms. The van der Waals surface area contributed by atoms with Gasteiger partial charge in [0.05, 0.1) is 0 Å². The fourth-order valence-corrected chi connectivity index (χ4v) is 1.98. The molecule has 0 fully saturated rings. The highest BCUT2D eigenvalue weighted by Gasteiger charge is 2.15. The molecule has 108 valence electrons. The normalized spacial score (nSPS) is 10.0. The van der Waals surface area contributed by atoms with Gasteiger partial charge in [-0.05, 0) is 55.7 Å². The van der Waals surface area contributed by atoms with Crippen molar-refractivity contribution in [3.63, 3.8) is 0 Å². The van der Waals surface area contributed by atoms with Gasteiger partial charge in [-0.2, -0.15) is 0 Å². The van der Waals surface area contributed by atoms with Crippen LogP contribution in [0.25, 0.3) is 0 Å². The van der Waals surface area contributed by atoms with Crippen LogP contribution < -0.4 is 10.6 Å². The van der Waals surface area contributed by atoms with Crippen LogP contribution in [0.3, 0.4) is 0 Å². The Hall–Kier alpha value is -2.62. The molecule has 2 N–H and O–H groups in total. The van der Waals surface area contributed by atoms with Gasteiger partial charge in [0.25, 0.3) is 0 Å². The molecule has 2 rings (SSSR count). The van der Waals surface area contributed by atoms with Crippen molar-refractivity contribution in [1.82, 2.24) is 0 Å². The number of rotatable bonds is 2. The van der Waals surface area contributed by atoms with E-state index in [1.807, 2.05) is 51.1 Å². The maximum absolute atomic E-state index is 11.9. The predicted molar refractivity (Wildman–Crippen MR) is 84.4 cm³/mol. The SMILES string of the molecule is Cc1cccc(NC(=O)C(=O)Nc2cccc(C)c2C)c1. The second-order valence-electron chi connectivity index (χ2n) is 5.03. The maximum Gasteiger partial charge on any atom is 0.314 e. The summed E-state index contributed by atoms with van der Waals surface area (Å²) >= 11 is 0. The van der Waals surface area contributed by atoms with Gasteiger partial charge >= 0.3 is 11.8 Å². The molecule has 4 nitrogen and oxygen atoms in total. The zero-order valence-electron chi connectivity index (χ0n) is 12.4. The van der Waals surface area contributed by atoms with E-state index in [4.69, 9.17) is 0 Å². The van der Waals surface area contributed by atoms with Gasteiger partial charge in [-0.1, -0.05) is 24.3 Å². The molecule has 0 heterocycles. The van der Waals surface area contributed by atoms with Crippen LogP contribution in [-0.4, -0.2) is 11.8 Å². The quantitative estimate of drug-likeness (QED) is 0.831. The Balaban J connectivity index is 2.06. The van der Waals surface area contributed by atoms with Crippen LogP contribution in [-0.2, 0) is 9.59 Å². The number of amides is 2. The third-order valence-electron chi connectivity index (χ3n) is 3.33. The average Bonchev–Trinajstić information content (AvgIpc) is 2.44. The molecule has 0 saturated heterocycles. The minimum absolute atomic E-state index is 0.608. The van der Waals surface area contributed by atoms with Crippen LogP contribution in [0.2, 0.25) is 0 Å². The summed E-state index contributed by atoms with van der Waals surface area (Å²) in [5.41, 5.74) is 4.29. The van der Waals surface area contributed by atoms with Crippen molar-refractivity contribution < 1.29 is 9.59 Å². The molecule has 0 bridgehead atoms. The Kier molecular flexibility index (Phi) is 4.38. The summed E-state index contributed by atoms with van der Waals surface area (Å²) in [4.78, 5) is 23.8. The first kappa shape index (κ1) is 14.8. The van der Waals surface area contributed by atoms with Gasteiger partial charge in [-0.3, -0.25) is 9.59 Å². The first-order chi connectivity index (χ1) is 9.97. The van der Waals surface area contributed by atoms with Crippen molar-refractivity contribution in [2.75, 3.05) is 10.6 Å². The maximum atomic E-state index is 11.9. The van der Waals surface area contributed by atoms with Crippen LogP contribution in [0.1, 0.15) is 16.7 Å². The predicted octanol–water partition coefficient (Wildman–Crippen LogP) is 3.19. The van der Waals surface area contributed by atoms with Crippen molar-refractivity contribution in [2.24, 2.45) is 0 Å². The van der Waals surface area contributed by atoms with E-state index in [1.165, 1.54) is 0 Å². The lowest BCUT2D eigenvalue weighted by atomic mass is 10.1. The van der Waals surface area contributed by atoms with Crippen LogP contribution in [0, 0.1) is 20.8 Å². The van der Waals surface area contributed by atoms with E-state index in [1.54, 1.807) is 12.1 Å². The lowest BCUT2D eigenvalue weighted by Gasteiger charge is -2.10. The fourth-order valence-electron chi connectivity index (χ4n) is 1.98. The van der Waals surface area contributed by atoms with E-state index in [-0.39, 0.29) is 0 Å². The summed E-state index contributed by atoms with van der Waals surface area (Å²) in [6.45, 7) is 5.78. The molecule has 2 amide bonds. The Bertz CT molecular complexity index is 693. The number of carbonyl (C=O) groups excluding carboxylic acids is 2. The third kappa shape index (κ3) is 3.69. The summed E-state index contributed by atoms with van der Waals surface area (Å²) < 4.78 is 0. The van der Waals surface area contributed by atoms with E-state index in [0.29, 0.717) is 11.4 Å². The van der Waals surface area contributed by atoms with Gasteiger partial charge in [0.15, 0.2) is 0 Å². The van der Waals surface area contributed by atoms with Crippen LogP contribution >= 0.6 is 0 Å². The molecule has 0 aliphatic rings. The molecule has 0 saturated carbocycles. The summed E-state index contributed by atoms with van der Waals surface area (Å²) in [7, 11) is 0. The monoisotopic (exact) mass is 282 g/mol. The highest BCUT2D eigenvalue weighted by molar-refractivity contribution is 6.43. The number of hydrogen-bond acceptors (Lipinski definition) is 2. The minimum atomic E-state index is -0.679. The van der Waals surface area contributed by atoms with Gasteiger partial charge < -0.3 is 10.6 Å². The van der Waals surface area contributed by atoms with E-state index in [2.05, 4.69) is 10.6 Å². The van der Waals surface area contributed by atoms with E-state index in [0.717, 1.165) is 16.7 Å². The Morgan fingerprint density at radius 2 is 1.52 bits per heavy atom. The largest absolute Gasteiger partial charge is 0.318 e. The van der Waals surface area contributed by atoms with E-state index in [9.17, 15) is 9.59 Å². The second-order valence-corrected chi connectivity index (χ2v) is 5.03. The number of benzene rings is 2. The van der Waals surface area contributed by atoms with Gasteiger partial charge in [-0.25, -0.2) is 0 Å². The highest BCUT2D eigenvalue weighted by atomic mass is 16.2. The molecule has 2 aromatic carbocycles. The minimum Gasteiger partial charge on any atom is -0.318 e. The molecular formula is C17H18N2O2. The summed E-state index contributed by atoms with van der Waals surface area (Å²) in [5, 5.41) is 5.22. The lowest BCUT2D eigenvalue weighted by Crippen LogP contribution is -2.29. The van der Waals surface area contributed by atoms with Crippen LogP contribution in [0.15, 0.2) is 42.5 Å². The summed E-state index contributed by atoms with van der Waals surface area (Å²) in [6, 6.07) is 12.9. The third-order valence-corrected chi connectivity index (χ3v) is 3.33. The molecule has 0 aromatic heterocycles. The van der Waals surface area contributed by atoms with Gasteiger partial charge in [0, 0.05) is 11.4 Å². The van der Waals surface area contributed by atoms with Crippen molar-refractivity contribution in [3.05, 3.63) is 59.2 Å². The Morgan fingerprint density at radius 3 is 2.24 bits per heavy atom. The topological polar surface area (TPSA) is 58.2 Å². The van der Waals surface area contributed by atoms with Crippen molar-refractivity contribution in [2.45, 2.75) is 20.8 Å². The standard InChI is InChI=1S/C17H18N2O2/c1-11-6-4-8-14(10-11)18-16(20)17(21)19-15-9-5-7-12(2)13(15)3/h4-10H,1-3H3,(H,18,20)(H,19,21). The zero-order chi connectivity index (χ0) is 15.4. The first-order valence-electron chi connectivity index (χ1n) is 6.72. The molecule has 0 atom stereocenters. The smallest absolute Gasteiger partial charge is 0.314 e. The number of anilines is 2. The summed E-state index contributed by atoms with van der Waals surface area (Å²) in [6.07, 6.45) is 0. The summed E-state index contributed by atoms with van der Waals surface area (Å²) in [5.74, 6) is -1.35. The molecular weight excluding hydrogens is 264 g/mol. The first-order valence-corrected chi connectivity index (χ1v) is 6.72. The van der Waals surface area contributed by atoms with Gasteiger partial charge in [-0.15, -0.1) is 0 Å². The highest BCUT2D eigenvalue weighted by Crippen LogP contribution is 2.18. The Morgan fingerprint density at radius 1 is 0.857 bits per heavy atom. The van der Waals surface area contributed by atoms with E-state index < -0.39 is 11.8 Å². The molecule has 2 aromatic rings. The van der Waals surface area contributed by atoms with Gasteiger partial charge in [0.1, 0.15) is 0 Å². The van der Waals surface area contributed by atoms with Crippen LogP contribution in [0.4, 0.5) is 11.4 Å². The zero-order valence-corrected chi connectivity index (χ0v) is 12.4. The molecule has 0 radical (unpaired) electrons. The molecule has 0 spiro atoms. The van der Waals surface area contributed by atoms with E-state index >= 15 is 0 Å². The molecule has 4 heteroatoms. The Labute approximate surface area is 124 Å². The number of carbonyl (C=O) groups is 2. The van der Waals surface area contributed by atoms with Gasteiger partial charge in [0.2, 0.25) is 0 Å². The average molecular weight is 282 g/mol. The van der Waals surface area contributed by atoms with Crippen LogP contribution in [0.5, 0.6) is 0 Å². The molecule has 0 unspecified atom stereocenters. The molecule has 0 aliphatic carbocycles.